The van der Waals surface area contributed by atoms with E-state index in [1.54, 1.807) is 7.11 Å². The van der Waals surface area contributed by atoms with Crippen LogP contribution in [0.1, 0.15) is 26.2 Å². The number of nitrogens with one attached hydrogen (secondary N) is 2. The van der Waals surface area contributed by atoms with Crippen molar-refractivity contribution in [2.75, 3.05) is 33.9 Å². The third kappa shape index (κ3) is 10.2. The first-order valence-electron chi connectivity index (χ1n) is 5.63. The average molecular weight is 253 g/mol. The molecule has 0 fully saturated rings. The lowest BCUT2D eigenvalue weighted by molar-refractivity contribution is -0.124. The van der Waals surface area contributed by atoms with Crippen LogP contribution >= 0.6 is 12.4 Å². The van der Waals surface area contributed by atoms with Crippen LogP contribution in [0.3, 0.4) is 0 Å². The van der Waals surface area contributed by atoms with Crippen LogP contribution in [-0.2, 0) is 9.53 Å². The summed E-state index contributed by atoms with van der Waals surface area (Å²) in [5.74, 6) is 0.185. The number of methoxy groups -OCH3 is 1. The molecule has 0 bridgehead atoms. The van der Waals surface area contributed by atoms with E-state index in [1.807, 2.05) is 14.0 Å². The molecule has 1 atom stereocenters. The predicted octanol–water partition coefficient (Wildman–Crippen LogP) is 1.20. The number of carbonyl (C=O) groups excluding carboxylic acids is 1. The Kier molecular flexibility index (Phi) is 14.4. The van der Waals surface area contributed by atoms with E-state index in [9.17, 15) is 4.79 Å². The van der Waals surface area contributed by atoms with Crippen LogP contribution in [0.5, 0.6) is 0 Å². The highest BCUT2D eigenvalue weighted by Crippen LogP contribution is 1.96. The fraction of sp³-hybridized carbons (Fsp3) is 0.909. The number of hydrogen-bond acceptors (Lipinski definition) is 3. The Bertz CT molecular complexity index is 168. The van der Waals surface area contributed by atoms with Crippen molar-refractivity contribution in [3.63, 3.8) is 0 Å². The van der Waals surface area contributed by atoms with Gasteiger partial charge in [0.2, 0.25) is 5.91 Å². The molecule has 0 radical (unpaired) electrons. The molecule has 2 N–H and O–H groups in total. The zero-order valence-electron chi connectivity index (χ0n) is 10.5. The first-order chi connectivity index (χ1) is 7.22. The van der Waals surface area contributed by atoms with Gasteiger partial charge >= 0.3 is 0 Å². The lowest BCUT2D eigenvalue weighted by atomic mass is 10.1. The number of unbranched alkanes of at least 4 members (excludes halogenated alkanes) is 2. The van der Waals surface area contributed by atoms with Crippen molar-refractivity contribution in [1.29, 1.82) is 0 Å². The molecule has 1 amide bonds. The average Bonchev–Trinajstić information content (AvgIpc) is 2.23. The Hall–Kier alpha value is -0.320. The summed E-state index contributed by atoms with van der Waals surface area (Å²) in [6.07, 6.45) is 3.20. The Labute approximate surface area is 105 Å². The fourth-order valence-electron chi connectivity index (χ4n) is 1.33. The molecule has 0 aliphatic rings. The SMILES string of the molecule is CNCC(C)C(=O)NCCCCCOC.Cl. The number of halogens is 1. The molecule has 5 heteroatoms. The van der Waals surface area contributed by atoms with Gasteiger partial charge in [0.15, 0.2) is 0 Å². The molecule has 4 nitrogen and oxygen atoms in total. The van der Waals surface area contributed by atoms with Crippen LogP contribution in [0.15, 0.2) is 0 Å². The molecule has 0 aromatic heterocycles. The summed E-state index contributed by atoms with van der Waals surface area (Å²) < 4.78 is 4.94. The summed E-state index contributed by atoms with van der Waals surface area (Å²) in [5.41, 5.74) is 0. The molecule has 0 rings (SSSR count). The Morgan fingerprint density at radius 3 is 2.56 bits per heavy atom. The molecular formula is C11H25ClN2O2. The van der Waals surface area contributed by atoms with Crippen LogP contribution in [0.2, 0.25) is 0 Å². The quantitative estimate of drug-likeness (QED) is 0.607. The van der Waals surface area contributed by atoms with Gasteiger partial charge in [0, 0.05) is 32.7 Å². The van der Waals surface area contributed by atoms with E-state index in [0.717, 1.165) is 39.0 Å². The van der Waals surface area contributed by atoms with Gasteiger partial charge in [0.25, 0.3) is 0 Å². The molecule has 1 unspecified atom stereocenters. The molecule has 0 aromatic carbocycles. The van der Waals surface area contributed by atoms with Crippen molar-refractivity contribution in [3.8, 4) is 0 Å². The lowest BCUT2D eigenvalue weighted by Crippen LogP contribution is -2.34. The van der Waals surface area contributed by atoms with Crippen molar-refractivity contribution in [3.05, 3.63) is 0 Å². The van der Waals surface area contributed by atoms with Gasteiger partial charge in [-0.1, -0.05) is 6.92 Å². The largest absolute Gasteiger partial charge is 0.385 e. The first kappa shape index (κ1) is 18.1. The van der Waals surface area contributed by atoms with Crippen molar-refractivity contribution in [2.45, 2.75) is 26.2 Å². The Morgan fingerprint density at radius 1 is 1.31 bits per heavy atom. The molecule has 0 saturated carbocycles. The van der Waals surface area contributed by atoms with Crippen molar-refractivity contribution >= 4 is 18.3 Å². The summed E-state index contributed by atoms with van der Waals surface area (Å²) in [7, 11) is 3.57. The molecule has 16 heavy (non-hydrogen) atoms. The monoisotopic (exact) mass is 252 g/mol. The highest BCUT2D eigenvalue weighted by atomic mass is 35.5. The van der Waals surface area contributed by atoms with E-state index in [-0.39, 0.29) is 24.2 Å². The van der Waals surface area contributed by atoms with E-state index in [4.69, 9.17) is 4.74 Å². The van der Waals surface area contributed by atoms with Gasteiger partial charge in [-0.3, -0.25) is 4.79 Å². The number of amides is 1. The summed E-state index contributed by atoms with van der Waals surface area (Å²) in [4.78, 5) is 11.4. The number of carbonyl (C=O) groups is 1. The number of rotatable bonds is 9. The van der Waals surface area contributed by atoms with Gasteiger partial charge < -0.3 is 15.4 Å². The Morgan fingerprint density at radius 2 is 2.00 bits per heavy atom. The minimum absolute atomic E-state index is 0. The first-order valence-corrected chi connectivity index (χ1v) is 5.63. The van der Waals surface area contributed by atoms with Crippen LogP contribution in [0, 0.1) is 5.92 Å². The topological polar surface area (TPSA) is 50.4 Å². The maximum Gasteiger partial charge on any atom is 0.224 e. The maximum atomic E-state index is 11.4. The van der Waals surface area contributed by atoms with Gasteiger partial charge in [0.1, 0.15) is 0 Å². The molecule has 0 aliphatic carbocycles. The van der Waals surface area contributed by atoms with Crippen LogP contribution < -0.4 is 10.6 Å². The maximum absolute atomic E-state index is 11.4. The number of hydrogen-bond donors (Lipinski definition) is 2. The van der Waals surface area contributed by atoms with Crippen LogP contribution in [0.25, 0.3) is 0 Å². The highest BCUT2D eigenvalue weighted by molar-refractivity contribution is 5.85. The molecule has 0 aromatic rings. The third-order valence-corrected chi connectivity index (χ3v) is 2.28. The minimum atomic E-state index is 0. The Balaban J connectivity index is 0. The van der Waals surface area contributed by atoms with Crippen molar-refractivity contribution in [2.24, 2.45) is 5.92 Å². The summed E-state index contributed by atoms with van der Waals surface area (Å²) in [6.45, 7) is 4.24. The third-order valence-electron chi connectivity index (χ3n) is 2.28. The van der Waals surface area contributed by atoms with E-state index >= 15 is 0 Å². The van der Waals surface area contributed by atoms with E-state index in [0.29, 0.717) is 0 Å². The molecule has 98 valence electrons. The smallest absolute Gasteiger partial charge is 0.224 e. The predicted molar refractivity (Wildman–Crippen MR) is 69.1 cm³/mol. The van der Waals surface area contributed by atoms with Crippen molar-refractivity contribution in [1.82, 2.24) is 10.6 Å². The van der Waals surface area contributed by atoms with E-state index in [1.165, 1.54) is 0 Å². The van der Waals surface area contributed by atoms with Gasteiger partial charge in [-0.15, -0.1) is 12.4 Å². The highest BCUT2D eigenvalue weighted by Gasteiger charge is 2.09. The van der Waals surface area contributed by atoms with Gasteiger partial charge in [0.05, 0.1) is 0 Å². The van der Waals surface area contributed by atoms with Gasteiger partial charge in [-0.25, -0.2) is 0 Å². The standard InChI is InChI=1S/C11H24N2O2.ClH/c1-10(9-12-2)11(14)13-7-5-4-6-8-15-3;/h10,12H,4-9H2,1-3H3,(H,13,14);1H. The van der Waals surface area contributed by atoms with Crippen molar-refractivity contribution < 1.29 is 9.53 Å². The van der Waals surface area contributed by atoms with E-state index < -0.39 is 0 Å². The molecule has 0 saturated heterocycles. The zero-order valence-corrected chi connectivity index (χ0v) is 11.4. The zero-order chi connectivity index (χ0) is 11.5. The normalized spacial score (nSPS) is 11.7. The summed E-state index contributed by atoms with van der Waals surface area (Å²) >= 11 is 0. The molecule has 0 spiro atoms. The molecule has 0 heterocycles. The lowest BCUT2D eigenvalue weighted by Gasteiger charge is -2.11. The van der Waals surface area contributed by atoms with Gasteiger partial charge in [-0.2, -0.15) is 0 Å². The summed E-state index contributed by atoms with van der Waals surface area (Å²) in [6, 6.07) is 0. The van der Waals surface area contributed by atoms with E-state index in [2.05, 4.69) is 10.6 Å². The summed E-state index contributed by atoms with van der Waals surface area (Å²) in [5, 5.41) is 5.91. The second kappa shape index (κ2) is 12.7. The fourth-order valence-corrected chi connectivity index (χ4v) is 1.33. The minimum Gasteiger partial charge on any atom is -0.385 e. The van der Waals surface area contributed by atoms with Crippen LogP contribution in [-0.4, -0.2) is 39.8 Å². The number of ether oxygens (including phenoxy) is 1. The molecule has 0 aliphatic heterocycles. The second-order valence-electron chi connectivity index (χ2n) is 3.80. The van der Waals surface area contributed by atoms with Crippen LogP contribution in [0.4, 0.5) is 0 Å². The molecular weight excluding hydrogens is 228 g/mol. The van der Waals surface area contributed by atoms with Gasteiger partial charge in [-0.05, 0) is 26.3 Å². The second-order valence-corrected chi connectivity index (χ2v) is 3.80.